The molecule has 0 amide bonds. The van der Waals surface area contributed by atoms with Crippen LogP contribution in [0.5, 0.6) is 17.2 Å². The van der Waals surface area contributed by atoms with Gasteiger partial charge in [-0.1, -0.05) is 5.16 Å². The Balaban J connectivity index is 1.29. The zero-order chi connectivity index (χ0) is 20.9. The van der Waals surface area contributed by atoms with Gasteiger partial charge in [-0.3, -0.25) is 4.79 Å². The van der Waals surface area contributed by atoms with Gasteiger partial charge in [-0.2, -0.15) is 4.98 Å². The van der Waals surface area contributed by atoms with Crippen molar-refractivity contribution >= 4 is 11.8 Å². The van der Waals surface area contributed by atoms with Crippen molar-refractivity contribution in [2.75, 3.05) is 19.8 Å². The predicted molar refractivity (Wildman–Crippen MR) is 102 cm³/mol. The van der Waals surface area contributed by atoms with Gasteiger partial charge in [-0.15, -0.1) is 0 Å². The van der Waals surface area contributed by atoms with Crippen LogP contribution in [0.1, 0.15) is 32.4 Å². The highest BCUT2D eigenvalue weighted by Gasteiger charge is 2.17. The minimum absolute atomic E-state index is 0.144. The number of hydrogen-bond acceptors (Lipinski definition) is 9. The summed E-state index contributed by atoms with van der Waals surface area (Å²) in [5.74, 6) is 1.56. The van der Waals surface area contributed by atoms with Crippen LogP contribution >= 0.6 is 0 Å². The zero-order valence-electron chi connectivity index (χ0n) is 16.1. The molecule has 4 rings (SSSR count). The number of esters is 1. The molecule has 154 valence electrons. The molecule has 0 saturated heterocycles. The van der Waals surface area contributed by atoms with Gasteiger partial charge in [0.1, 0.15) is 19.0 Å². The van der Waals surface area contributed by atoms with Gasteiger partial charge in [-0.05, 0) is 42.5 Å². The summed E-state index contributed by atoms with van der Waals surface area (Å²) in [4.78, 5) is 28.6. The third-order valence-electron chi connectivity index (χ3n) is 4.23. The van der Waals surface area contributed by atoms with Crippen LogP contribution in [0.3, 0.4) is 0 Å². The van der Waals surface area contributed by atoms with Crippen LogP contribution in [0, 0.1) is 6.92 Å². The second kappa shape index (κ2) is 8.64. The average Bonchev–Trinajstić information content (AvgIpc) is 3.21. The lowest BCUT2D eigenvalue weighted by molar-refractivity contribution is 0.0474. The summed E-state index contributed by atoms with van der Waals surface area (Å²) in [6.07, 6.45) is 0. The fourth-order valence-electron chi connectivity index (χ4n) is 2.75. The Kier molecular flexibility index (Phi) is 5.60. The summed E-state index contributed by atoms with van der Waals surface area (Å²) in [7, 11) is 0. The molecule has 2 heterocycles. The van der Waals surface area contributed by atoms with Crippen molar-refractivity contribution in [3.05, 3.63) is 65.3 Å². The van der Waals surface area contributed by atoms with Gasteiger partial charge in [0.25, 0.3) is 0 Å². The fraction of sp³-hybridized carbons (Fsp3) is 0.238. The molecular weight excluding hydrogens is 392 g/mol. The Morgan fingerprint density at radius 3 is 2.47 bits per heavy atom. The topological polar surface area (TPSA) is 110 Å². The normalized spacial score (nSPS) is 12.3. The number of carbonyl (C=O) groups excluding carboxylic acids is 2. The quantitative estimate of drug-likeness (QED) is 0.429. The molecule has 9 heteroatoms. The molecule has 2 aromatic carbocycles. The highest BCUT2D eigenvalue weighted by atomic mass is 16.6. The average molecular weight is 410 g/mol. The molecule has 0 fully saturated rings. The molecule has 0 radical (unpaired) electrons. The van der Waals surface area contributed by atoms with Gasteiger partial charge in [-0.25, -0.2) is 4.79 Å². The number of aromatic nitrogens is 2. The van der Waals surface area contributed by atoms with Gasteiger partial charge < -0.3 is 23.5 Å². The fourth-order valence-corrected chi connectivity index (χ4v) is 2.75. The van der Waals surface area contributed by atoms with Crippen molar-refractivity contribution in [3.8, 4) is 17.2 Å². The van der Waals surface area contributed by atoms with Crippen molar-refractivity contribution in [3.63, 3.8) is 0 Å². The highest BCUT2D eigenvalue weighted by molar-refractivity contribution is 5.99. The first-order valence-corrected chi connectivity index (χ1v) is 9.20. The standard InChI is InChI=1S/C21H18N2O7/c1-13-22-20(23-30-13)12-28-16-5-2-14(3-6-16)21(25)29-11-17(24)15-4-7-18-19(10-15)27-9-8-26-18/h2-7,10H,8-9,11-12H2,1H3. The number of aryl methyl sites for hydroxylation is 1. The number of ketones is 1. The number of rotatable bonds is 7. The number of hydrogen-bond donors (Lipinski definition) is 0. The molecule has 0 bridgehead atoms. The predicted octanol–water partition coefficient (Wildman–Crippen LogP) is 2.77. The molecule has 0 spiro atoms. The number of ether oxygens (including phenoxy) is 4. The Hall–Kier alpha value is -3.88. The van der Waals surface area contributed by atoms with Gasteiger partial charge in [0.05, 0.1) is 5.56 Å². The van der Waals surface area contributed by atoms with E-state index in [2.05, 4.69) is 10.1 Å². The van der Waals surface area contributed by atoms with E-state index in [0.29, 0.717) is 53.3 Å². The second-order valence-electron chi connectivity index (χ2n) is 6.40. The Labute approximate surface area is 171 Å². The van der Waals surface area contributed by atoms with Crippen molar-refractivity contribution in [1.82, 2.24) is 10.1 Å². The number of benzene rings is 2. The van der Waals surface area contributed by atoms with Gasteiger partial charge in [0.15, 0.2) is 30.5 Å². The monoisotopic (exact) mass is 410 g/mol. The van der Waals surface area contributed by atoms with Gasteiger partial charge >= 0.3 is 5.97 Å². The van der Waals surface area contributed by atoms with Crippen molar-refractivity contribution in [2.24, 2.45) is 0 Å². The van der Waals surface area contributed by atoms with Crippen LogP contribution in [-0.2, 0) is 11.3 Å². The first-order chi connectivity index (χ1) is 14.6. The molecule has 0 N–H and O–H groups in total. The molecule has 0 saturated carbocycles. The Bertz CT molecular complexity index is 1060. The van der Waals surface area contributed by atoms with E-state index in [1.165, 1.54) is 0 Å². The molecule has 9 nitrogen and oxygen atoms in total. The minimum Gasteiger partial charge on any atom is -0.486 e. The van der Waals surface area contributed by atoms with Crippen molar-refractivity contribution < 1.29 is 33.1 Å². The maximum atomic E-state index is 12.3. The van der Waals surface area contributed by atoms with Crippen LogP contribution < -0.4 is 14.2 Å². The molecule has 1 aromatic heterocycles. The summed E-state index contributed by atoms with van der Waals surface area (Å²) >= 11 is 0. The smallest absolute Gasteiger partial charge is 0.338 e. The van der Waals surface area contributed by atoms with E-state index in [4.69, 9.17) is 23.5 Å². The van der Waals surface area contributed by atoms with Crippen LogP contribution in [0.15, 0.2) is 47.0 Å². The number of Topliss-reactive ketones (excluding diaryl/α,β-unsaturated/α-hetero) is 1. The molecule has 0 atom stereocenters. The number of nitrogens with zero attached hydrogens (tertiary/aromatic N) is 2. The lowest BCUT2D eigenvalue weighted by Gasteiger charge is -2.18. The lowest BCUT2D eigenvalue weighted by atomic mass is 10.1. The van der Waals surface area contributed by atoms with Gasteiger partial charge in [0.2, 0.25) is 11.7 Å². The van der Waals surface area contributed by atoms with E-state index >= 15 is 0 Å². The molecular formula is C21H18N2O7. The van der Waals surface area contributed by atoms with E-state index in [9.17, 15) is 9.59 Å². The Morgan fingerprint density at radius 2 is 1.73 bits per heavy atom. The maximum absolute atomic E-state index is 12.3. The highest BCUT2D eigenvalue weighted by Crippen LogP contribution is 2.30. The summed E-state index contributed by atoms with van der Waals surface area (Å²) in [6.45, 7) is 2.35. The van der Waals surface area contributed by atoms with Crippen LogP contribution in [-0.4, -0.2) is 41.7 Å². The second-order valence-corrected chi connectivity index (χ2v) is 6.40. The Morgan fingerprint density at radius 1 is 1.00 bits per heavy atom. The molecule has 30 heavy (non-hydrogen) atoms. The van der Waals surface area contributed by atoms with E-state index in [1.807, 2.05) is 0 Å². The molecule has 3 aromatic rings. The minimum atomic E-state index is -0.610. The number of carbonyl (C=O) groups is 2. The molecule has 1 aliphatic heterocycles. The van der Waals surface area contributed by atoms with Crippen LogP contribution in [0.2, 0.25) is 0 Å². The summed E-state index contributed by atoms with van der Waals surface area (Å²) in [6, 6.07) is 11.2. The van der Waals surface area contributed by atoms with Crippen LogP contribution in [0.25, 0.3) is 0 Å². The molecule has 1 aliphatic rings. The largest absolute Gasteiger partial charge is 0.486 e. The van der Waals surface area contributed by atoms with Crippen molar-refractivity contribution in [2.45, 2.75) is 13.5 Å². The van der Waals surface area contributed by atoms with E-state index in [1.54, 1.807) is 49.4 Å². The molecule has 0 aliphatic carbocycles. The summed E-state index contributed by atoms with van der Waals surface area (Å²) < 4.78 is 26.4. The third kappa shape index (κ3) is 4.57. The summed E-state index contributed by atoms with van der Waals surface area (Å²) in [5.41, 5.74) is 0.681. The number of fused-ring (bicyclic) bond motifs is 1. The van der Waals surface area contributed by atoms with E-state index < -0.39 is 5.97 Å². The molecule has 0 unspecified atom stereocenters. The SMILES string of the molecule is Cc1nc(COc2ccc(C(=O)OCC(=O)c3ccc4c(c3)OCCO4)cc2)no1. The van der Waals surface area contributed by atoms with E-state index in [-0.39, 0.29) is 19.0 Å². The first kappa shape index (κ1) is 19.4. The zero-order valence-corrected chi connectivity index (χ0v) is 16.1. The third-order valence-corrected chi connectivity index (χ3v) is 4.23. The van der Waals surface area contributed by atoms with Crippen molar-refractivity contribution in [1.29, 1.82) is 0 Å². The van der Waals surface area contributed by atoms with Crippen LogP contribution in [0.4, 0.5) is 0 Å². The van der Waals surface area contributed by atoms with E-state index in [0.717, 1.165) is 0 Å². The van der Waals surface area contributed by atoms with Gasteiger partial charge in [0, 0.05) is 12.5 Å². The summed E-state index contributed by atoms with van der Waals surface area (Å²) in [5, 5.41) is 3.73. The first-order valence-electron chi connectivity index (χ1n) is 9.20. The maximum Gasteiger partial charge on any atom is 0.338 e. The lowest BCUT2D eigenvalue weighted by Crippen LogP contribution is -2.17.